The second kappa shape index (κ2) is 5.24. The van der Waals surface area contributed by atoms with Crippen LogP contribution >= 0.6 is 0 Å². The Hall–Kier alpha value is -1.18. The third kappa shape index (κ3) is 3.16. The summed E-state index contributed by atoms with van der Waals surface area (Å²) in [4.78, 5) is 21.3. The highest BCUT2D eigenvalue weighted by atomic mass is 16.7. The van der Waals surface area contributed by atoms with Crippen LogP contribution in [0.25, 0.3) is 0 Å². The largest absolute Gasteiger partial charge is 0.463 e. The molecule has 1 fully saturated rings. The molecular weight excluding hydrogens is 220 g/mol. The van der Waals surface area contributed by atoms with Crippen LogP contribution in [0.1, 0.15) is 13.8 Å². The van der Waals surface area contributed by atoms with Crippen LogP contribution in [0, 0.1) is 0 Å². The van der Waals surface area contributed by atoms with Crippen molar-refractivity contribution in [2.45, 2.75) is 38.4 Å². The van der Waals surface area contributed by atoms with E-state index in [1.807, 2.05) is 0 Å². The Balaban J connectivity index is 2.59. The molecule has 1 aliphatic heterocycles. The molecule has 0 aliphatic carbocycles. The summed E-state index contributed by atoms with van der Waals surface area (Å²) in [6.45, 7) is 2.18. The maximum atomic E-state index is 10.8. The van der Waals surface area contributed by atoms with Crippen LogP contribution in [-0.2, 0) is 23.8 Å². The molecule has 0 aromatic carbocycles. The van der Waals surface area contributed by atoms with Crippen LogP contribution in [-0.4, -0.2) is 53.4 Å². The van der Waals surface area contributed by atoms with Crippen LogP contribution in [0.5, 0.6) is 0 Å². The molecule has 92 valence electrons. The normalized spacial score (nSPS) is 33.5. The van der Waals surface area contributed by atoms with Crippen molar-refractivity contribution in [2.24, 2.45) is 0 Å². The SMILES string of the molecule is CC(=O)OC[C@H]1O[C@@H](O)[C@@H](O)[C@@H]1OC(C)=O. The number of carbonyl (C=O) groups excluding carboxylic acids is 2. The second-order valence-electron chi connectivity index (χ2n) is 3.43. The van der Waals surface area contributed by atoms with Gasteiger partial charge in [-0.2, -0.15) is 0 Å². The van der Waals surface area contributed by atoms with E-state index in [0.29, 0.717) is 0 Å². The summed E-state index contributed by atoms with van der Waals surface area (Å²) in [6.07, 6.45) is -4.70. The molecule has 1 saturated heterocycles. The summed E-state index contributed by atoms with van der Waals surface area (Å²) in [5.74, 6) is -1.14. The maximum absolute atomic E-state index is 10.8. The lowest BCUT2D eigenvalue weighted by Crippen LogP contribution is -2.38. The van der Waals surface area contributed by atoms with E-state index < -0.39 is 36.5 Å². The molecule has 0 amide bonds. The van der Waals surface area contributed by atoms with E-state index in [-0.39, 0.29) is 6.61 Å². The molecule has 0 saturated carbocycles. The smallest absolute Gasteiger partial charge is 0.303 e. The van der Waals surface area contributed by atoms with Crippen LogP contribution in [0.2, 0.25) is 0 Å². The first-order valence-corrected chi connectivity index (χ1v) is 4.74. The molecule has 0 aromatic rings. The van der Waals surface area contributed by atoms with Crippen molar-refractivity contribution in [3.05, 3.63) is 0 Å². The Kier molecular flexibility index (Phi) is 4.22. The third-order valence-corrected chi connectivity index (χ3v) is 2.06. The van der Waals surface area contributed by atoms with Crippen LogP contribution < -0.4 is 0 Å². The number of ether oxygens (including phenoxy) is 3. The minimum Gasteiger partial charge on any atom is -0.463 e. The van der Waals surface area contributed by atoms with Gasteiger partial charge in [0.15, 0.2) is 12.4 Å². The minimum atomic E-state index is -1.45. The highest BCUT2D eigenvalue weighted by Gasteiger charge is 2.45. The number of carbonyl (C=O) groups is 2. The van der Waals surface area contributed by atoms with Gasteiger partial charge in [0.05, 0.1) is 0 Å². The predicted molar refractivity (Wildman–Crippen MR) is 49.1 cm³/mol. The van der Waals surface area contributed by atoms with Gasteiger partial charge in [-0.15, -0.1) is 0 Å². The van der Waals surface area contributed by atoms with Crippen molar-refractivity contribution in [2.75, 3.05) is 6.61 Å². The average Bonchev–Trinajstić information content (AvgIpc) is 2.42. The van der Waals surface area contributed by atoms with Crippen molar-refractivity contribution in [1.29, 1.82) is 0 Å². The topological polar surface area (TPSA) is 102 Å². The molecule has 1 heterocycles. The van der Waals surface area contributed by atoms with Gasteiger partial charge in [0, 0.05) is 13.8 Å². The molecule has 7 nitrogen and oxygen atoms in total. The number of hydrogen-bond acceptors (Lipinski definition) is 7. The van der Waals surface area contributed by atoms with Crippen LogP contribution in [0.4, 0.5) is 0 Å². The summed E-state index contributed by atoms with van der Waals surface area (Å²) in [5.41, 5.74) is 0. The molecular formula is C9H14O7. The number of aliphatic hydroxyl groups is 2. The van der Waals surface area contributed by atoms with E-state index in [2.05, 4.69) is 4.74 Å². The zero-order valence-corrected chi connectivity index (χ0v) is 8.95. The summed E-state index contributed by atoms with van der Waals surface area (Å²) >= 11 is 0. The van der Waals surface area contributed by atoms with Gasteiger partial charge >= 0.3 is 11.9 Å². The molecule has 0 unspecified atom stereocenters. The highest BCUT2D eigenvalue weighted by molar-refractivity contribution is 5.66. The summed E-state index contributed by atoms with van der Waals surface area (Å²) in [7, 11) is 0. The van der Waals surface area contributed by atoms with Crippen molar-refractivity contribution in [3.8, 4) is 0 Å². The van der Waals surface area contributed by atoms with E-state index in [0.717, 1.165) is 0 Å². The Morgan fingerprint density at radius 3 is 2.38 bits per heavy atom. The first-order valence-electron chi connectivity index (χ1n) is 4.74. The molecule has 0 spiro atoms. The van der Waals surface area contributed by atoms with Crippen molar-refractivity contribution < 1.29 is 34.0 Å². The Morgan fingerprint density at radius 2 is 1.88 bits per heavy atom. The fraction of sp³-hybridized carbons (Fsp3) is 0.778. The van der Waals surface area contributed by atoms with Gasteiger partial charge in [-0.3, -0.25) is 9.59 Å². The first-order chi connectivity index (χ1) is 7.41. The number of hydrogen-bond donors (Lipinski definition) is 2. The van der Waals surface area contributed by atoms with Gasteiger partial charge in [0.2, 0.25) is 0 Å². The third-order valence-electron chi connectivity index (χ3n) is 2.06. The standard InChI is InChI=1S/C9H14O7/c1-4(10)14-3-6-8(15-5(2)11)7(12)9(13)16-6/h6-9,12-13H,3H2,1-2H3/t6-,7+,8-,9-/m1/s1. The molecule has 2 N–H and O–H groups in total. The van der Waals surface area contributed by atoms with Crippen molar-refractivity contribution >= 4 is 11.9 Å². The fourth-order valence-corrected chi connectivity index (χ4v) is 1.39. The molecule has 0 bridgehead atoms. The molecule has 1 rings (SSSR count). The molecule has 0 aromatic heterocycles. The van der Waals surface area contributed by atoms with E-state index in [9.17, 15) is 19.8 Å². The Labute approximate surface area is 91.9 Å². The van der Waals surface area contributed by atoms with Gasteiger partial charge in [-0.1, -0.05) is 0 Å². The van der Waals surface area contributed by atoms with Gasteiger partial charge in [-0.05, 0) is 0 Å². The number of esters is 2. The Bertz CT molecular complexity index is 277. The Morgan fingerprint density at radius 1 is 1.25 bits per heavy atom. The molecule has 1 aliphatic rings. The summed E-state index contributed by atoms with van der Waals surface area (Å²) < 4.78 is 14.3. The van der Waals surface area contributed by atoms with Gasteiger partial charge in [-0.25, -0.2) is 0 Å². The van der Waals surface area contributed by atoms with Crippen molar-refractivity contribution in [1.82, 2.24) is 0 Å². The maximum Gasteiger partial charge on any atom is 0.303 e. The molecule has 16 heavy (non-hydrogen) atoms. The number of aliphatic hydroxyl groups excluding tert-OH is 2. The fourth-order valence-electron chi connectivity index (χ4n) is 1.39. The van der Waals surface area contributed by atoms with Crippen LogP contribution in [0.3, 0.4) is 0 Å². The minimum absolute atomic E-state index is 0.193. The lowest BCUT2D eigenvalue weighted by atomic mass is 10.1. The van der Waals surface area contributed by atoms with Gasteiger partial charge in [0.1, 0.15) is 18.8 Å². The van der Waals surface area contributed by atoms with E-state index in [1.54, 1.807) is 0 Å². The quantitative estimate of drug-likeness (QED) is 0.576. The molecule has 4 atom stereocenters. The molecule has 7 heteroatoms. The van der Waals surface area contributed by atoms with E-state index in [1.165, 1.54) is 13.8 Å². The zero-order valence-electron chi connectivity index (χ0n) is 8.95. The zero-order chi connectivity index (χ0) is 12.3. The lowest BCUT2D eigenvalue weighted by Gasteiger charge is -2.19. The highest BCUT2D eigenvalue weighted by Crippen LogP contribution is 2.23. The first kappa shape index (κ1) is 12.9. The summed E-state index contributed by atoms with van der Waals surface area (Å²) in [5, 5.41) is 18.7. The van der Waals surface area contributed by atoms with Crippen molar-refractivity contribution in [3.63, 3.8) is 0 Å². The lowest BCUT2D eigenvalue weighted by molar-refractivity contribution is -0.159. The average molecular weight is 234 g/mol. The monoisotopic (exact) mass is 234 g/mol. The second-order valence-corrected chi connectivity index (χ2v) is 3.43. The van der Waals surface area contributed by atoms with E-state index in [4.69, 9.17) is 9.47 Å². The molecule has 0 radical (unpaired) electrons. The predicted octanol–water partition coefficient (Wildman–Crippen LogP) is -1.44. The van der Waals surface area contributed by atoms with Gasteiger partial charge < -0.3 is 24.4 Å². The summed E-state index contributed by atoms with van der Waals surface area (Å²) in [6, 6.07) is 0. The van der Waals surface area contributed by atoms with Gasteiger partial charge in [0.25, 0.3) is 0 Å². The van der Waals surface area contributed by atoms with Crippen LogP contribution in [0.15, 0.2) is 0 Å². The van der Waals surface area contributed by atoms with E-state index >= 15 is 0 Å². The number of rotatable bonds is 3.